The zero-order chi connectivity index (χ0) is 17.9. The molecule has 2 aromatic rings. The van der Waals surface area contributed by atoms with E-state index in [9.17, 15) is 4.79 Å². The molecular weight excluding hydrogens is 308 g/mol. The van der Waals surface area contributed by atoms with Gasteiger partial charge in [-0.05, 0) is 35.6 Å². The van der Waals surface area contributed by atoms with Gasteiger partial charge in [0.2, 0.25) is 5.91 Å². The minimum absolute atomic E-state index is 0.118. The molecule has 0 saturated carbocycles. The first-order valence-electron chi connectivity index (χ1n) is 9.18. The highest BCUT2D eigenvalue weighted by Crippen LogP contribution is 2.28. The maximum absolute atomic E-state index is 12.2. The summed E-state index contributed by atoms with van der Waals surface area (Å²) in [5.74, 6) is 0.118. The molecule has 0 atom stereocenters. The van der Waals surface area contributed by atoms with Crippen LogP contribution in [0.3, 0.4) is 0 Å². The van der Waals surface area contributed by atoms with Crippen molar-refractivity contribution in [3.05, 3.63) is 65.2 Å². The van der Waals surface area contributed by atoms with Crippen LogP contribution in [0.15, 0.2) is 48.5 Å². The number of benzene rings is 2. The van der Waals surface area contributed by atoms with Gasteiger partial charge >= 0.3 is 0 Å². The number of nitrogens with zero attached hydrogens (tertiary/aromatic N) is 1. The van der Waals surface area contributed by atoms with E-state index in [4.69, 9.17) is 0 Å². The third-order valence-corrected chi connectivity index (χ3v) is 5.33. The Hall–Kier alpha value is -2.29. The molecule has 3 nitrogen and oxygen atoms in total. The molecule has 0 saturated heterocycles. The number of hydrogen-bond donors (Lipinski definition) is 1. The molecule has 0 bridgehead atoms. The Balaban J connectivity index is 1.57. The SMILES string of the molecule is CCC(C)(C)C(=O)NCc1ccc(CN2CCc3ccccc32)cc1. The van der Waals surface area contributed by atoms with Gasteiger partial charge in [-0.3, -0.25) is 4.79 Å². The van der Waals surface area contributed by atoms with Crippen LogP contribution in [0.5, 0.6) is 0 Å². The Kier molecular flexibility index (Phi) is 5.12. The summed E-state index contributed by atoms with van der Waals surface area (Å²) < 4.78 is 0. The quantitative estimate of drug-likeness (QED) is 0.853. The molecular formula is C22H28N2O. The summed E-state index contributed by atoms with van der Waals surface area (Å²) in [6.45, 7) is 8.63. The summed E-state index contributed by atoms with van der Waals surface area (Å²) in [4.78, 5) is 14.6. The van der Waals surface area contributed by atoms with Gasteiger partial charge in [-0.1, -0.05) is 63.2 Å². The third-order valence-electron chi connectivity index (χ3n) is 5.33. The number of anilines is 1. The normalized spacial score (nSPS) is 13.6. The lowest BCUT2D eigenvalue weighted by Gasteiger charge is -2.22. The van der Waals surface area contributed by atoms with Crippen molar-refractivity contribution >= 4 is 11.6 Å². The standard InChI is InChI=1S/C22H28N2O/c1-4-22(2,3)21(25)23-15-17-9-11-18(12-10-17)16-24-14-13-19-7-5-6-8-20(19)24/h5-12H,4,13-16H2,1-3H3,(H,23,25). The largest absolute Gasteiger partial charge is 0.367 e. The van der Waals surface area contributed by atoms with Gasteiger partial charge in [0.15, 0.2) is 0 Å². The van der Waals surface area contributed by atoms with Crippen molar-refractivity contribution in [1.82, 2.24) is 5.32 Å². The number of carbonyl (C=O) groups is 1. The van der Waals surface area contributed by atoms with Crippen LogP contribution in [0.2, 0.25) is 0 Å². The van der Waals surface area contributed by atoms with E-state index in [1.165, 1.54) is 16.8 Å². The second-order valence-electron chi connectivity index (χ2n) is 7.54. The molecule has 0 unspecified atom stereocenters. The molecule has 25 heavy (non-hydrogen) atoms. The molecule has 3 heteroatoms. The number of rotatable bonds is 6. The third kappa shape index (κ3) is 4.04. The molecule has 1 heterocycles. The van der Waals surface area contributed by atoms with Gasteiger partial charge in [0.05, 0.1) is 0 Å². The molecule has 1 aliphatic rings. The van der Waals surface area contributed by atoms with Crippen molar-refractivity contribution in [2.24, 2.45) is 5.41 Å². The summed E-state index contributed by atoms with van der Waals surface area (Å²) in [5, 5.41) is 3.05. The van der Waals surface area contributed by atoms with Gasteiger partial charge in [-0.2, -0.15) is 0 Å². The first-order chi connectivity index (χ1) is 12.0. The molecule has 1 amide bonds. The van der Waals surface area contributed by atoms with Crippen molar-refractivity contribution in [2.45, 2.75) is 46.7 Å². The van der Waals surface area contributed by atoms with E-state index in [1.807, 2.05) is 20.8 Å². The Bertz CT molecular complexity index is 734. The minimum atomic E-state index is -0.302. The molecule has 0 radical (unpaired) electrons. The maximum Gasteiger partial charge on any atom is 0.225 e. The number of nitrogens with one attached hydrogen (secondary N) is 1. The van der Waals surface area contributed by atoms with Crippen LogP contribution in [0.1, 0.15) is 43.9 Å². The van der Waals surface area contributed by atoms with Crippen molar-refractivity contribution in [1.29, 1.82) is 0 Å². The fourth-order valence-electron chi connectivity index (χ4n) is 3.14. The van der Waals surface area contributed by atoms with Crippen molar-refractivity contribution < 1.29 is 4.79 Å². The second kappa shape index (κ2) is 7.30. The first kappa shape index (κ1) is 17.5. The van der Waals surface area contributed by atoms with Crippen molar-refractivity contribution in [2.75, 3.05) is 11.4 Å². The van der Waals surface area contributed by atoms with Crippen LogP contribution < -0.4 is 10.2 Å². The minimum Gasteiger partial charge on any atom is -0.367 e. The number of para-hydroxylation sites is 1. The summed E-state index contributed by atoms with van der Waals surface area (Å²) >= 11 is 0. The maximum atomic E-state index is 12.2. The van der Waals surface area contributed by atoms with Gasteiger partial charge in [0.25, 0.3) is 0 Å². The number of fused-ring (bicyclic) bond motifs is 1. The van der Waals surface area contributed by atoms with Gasteiger partial charge in [-0.25, -0.2) is 0 Å². The van der Waals surface area contributed by atoms with Crippen LogP contribution >= 0.6 is 0 Å². The van der Waals surface area contributed by atoms with Gasteiger partial charge in [-0.15, -0.1) is 0 Å². The second-order valence-corrected chi connectivity index (χ2v) is 7.54. The molecule has 132 valence electrons. The summed E-state index contributed by atoms with van der Waals surface area (Å²) in [7, 11) is 0. The molecule has 1 aliphatic heterocycles. The lowest BCUT2D eigenvalue weighted by atomic mass is 9.89. The predicted octanol–water partition coefficient (Wildman–Crippen LogP) is 4.30. The molecule has 0 spiro atoms. The molecule has 3 rings (SSSR count). The zero-order valence-electron chi connectivity index (χ0n) is 15.5. The van der Waals surface area contributed by atoms with Crippen LogP contribution in [0, 0.1) is 5.41 Å². The lowest BCUT2D eigenvalue weighted by Crippen LogP contribution is -2.35. The number of carbonyl (C=O) groups excluding carboxylic acids is 1. The van der Waals surface area contributed by atoms with Crippen molar-refractivity contribution in [3.8, 4) is 0 Å². The van der Waals surface area contributed by atoms with E-state index < -0.39 is 0 Å². The average Bonchev–Trinajstić information content (AvgIpc) is 3.04. The summed E-state index contributed by atoms with van der Waals surface area (Å²) in [6, 6.07) is 17.3. The Labute approximate surface area is 151 Å². The van der Waals surface area contributed by atoms with E-state index in [-0.39, 0.29) is 11.3 Å². The highest BCUT2D eigenvalue weighted by Gasteiger charge is 2.24. The predicted molar refractivity (Wildman–Crippen MR) is 104 cm³/mol. The van der Waals surface area contributed by atoms with Crippen LogP contribution in [0.4, 0.5) is 5.69 Å². The van der Waals surface area contributed by atoms with Gasteiger partial charge in [0.1, 0.15) is 0 Å². The zero-order valence-corrected chi connectivity index (χ0v) is 15.5. The average molecular weight is 336 g/mol. The highest BCUT2D eigenvalue weighted by molar-refractivity contribution is 5.81. The molecule has 2 aromatic carbocycles. The van der Waals surface area contributed by atoms with E-state index in [2.05, 4.69) is 58.7 Å². The van der Waals surface area contributed by atoms with Crippen molar-refractivity contribution in [3.63, 3.8) is 0 Å². The van der Waals surface area contributed by atoms with E-state index in [0.717, 1.165) is 31.5 Å². The Morgan fingerprint density at radius 2 is 1.76 bits per heavy atom. The van der Waals surface area contributed by atoms with Crippen LogP contribution in [-0.4, -0.2) is 12.5 Å². The fourth-order valence-corrected chi connectivity index (χ4v) is 3.14. The number of amides is 1. The van der Waals surface area contributed by atoms with E-state index in [0.29, 0.717) is 6.54 Å². The monoisotopic (exact) mass is 336 g/mol. The fraction of sp³-hybridized carbons (Fsp3) is 0.409. The molecule has 0 fully saturated rings. The van der Waals surface area contributed by atoms with E-state index in [1.54, 1.807) is 0 Å². The molecule has 1 N–H and O–H groups in total. The topological polar surface area (TPSA) is 32.3 Å². The Morgan fingerprint density at radius 1 is 1.08 bits per heavy atom. The van der Waals surface area contributed by atoms with Gasteiger partial charge in [0, 0.05) is 30.7 Å². The number of hydrogen-bond acceptors (Lipinski definition) is 2. The van der Waals surface area contributed by atoms with Crippen LogP contribution in [0.25, 0.3) is 0 Å². The first-order valence-corrected chi connectivity index (χ1v) is 9.18. The Morgan fingerprint density at radius 3 is 2.48 bits per heavy atom. The van der Waals surface area contributed by atoms with E-state index >= 15 is 0 Å². The smallest absolute Gasteiger partial charge is 0.225 e. The van der Waals surface area contributed by atoms with Crippen LogP contribution in [-0.2, 0) is 24.3 Å². The summed E-state index contributed by atoms with van der Waals surface area (Å²) in [5.41, 5.74) is 4.95. The molecule has 0 aliphatic carbocycles. The molecule has 0 aromatic heterocycles. The highest BCUT2D eigenvalue weighted by atomic mass is 16.2. The summed E-state index contributed by atoms with van der Waals surface area (Å²) in [6.07, 6.45) is 1.97. The van der Waals surface area contributed by atoms with Gasteiger partial charge < -0.3 is 10.2 Å². The lowest BCUT2D eigenvalue weighted by molar-refractivity contribution is -0.129.